The van der Waals surface area contributed by atoms with E-state index in [1.165, 1.54) is 11.8 Å². The van der Waals surface area contributed by atoms with Gasteiger partial charge in [-0.1, -0.05) is 20.8 Å². The number of carbonyl (C=O) groups is 2. The molecule has 0 aromatic heterocycles. The minimum absolute atomic E-state index is 0.0100. The molecule has 0 saturated heterocycles. The van der Waals surface area contributed by atoms with Gasteiger partial charge in [0, 0.05) is 17.0 Å². The third-order valence-corrected chi connectivity index (χ3v) is 3.65. The van der Waals surface area contributed by atoms with Gasteiger partial charge in [0.25, 0.3) is 0 Å². The first-order valence-corrected chi connectivity index (χ1v) is 7.15. The van der Waals surface area contributed by atoms with Gasteiger partial charge in [-0.05, 0) is 0 Å². The molecule has 16 heavy (non-hydrogen) atoms. The number of hydrogen-bond donors (Lipinski definition) is 2. The van der Waals surface area contributed by atoms with Gasteiger partial charge in [0.2, 0.25) is 5.91 Å². The number of carboxylic acids is 1. The third kappa shape index (κ3) is 11.7. The molecule has 0 bridgehead atoms. The lowest BCUT2D eigenvalue weighted by molar-refractivity contribution is -0.133. The van der Waals surface area contributed by atoms with E-state index >= 15 is 0 Å². The predicted octanol–water partition coefficient (Wildman–Crippen LogP) is 1.45. The molecular formula is C10H19NO3S2. The highest BCUT2D eigenvalue weighted by Gasteiger charge is 2.12. The molecule has 94 valence electrons. The van der Waals surface area contributed by atoms with Crippen molar-refractivity contribution in [2.24, 2.45) is 0 Å². The number of nitrogens with one attached hydrogen (secondary N) is 1. The first kappa shape index (κ1) is 15.6. The van der Waals surface area contributed by atoms with Gasteiger partial charge in [0.1, 0.15) is 0 Å². The van der Waals surface area contributed by atoms with Crippen LogP contribution in [0.4, 0.5) is 0 Å². The summed E-state index contributed by atoms with van der Waals surface area (Å²) in [5.41, 5.74) is 0. The van der Waals surface area contributed by atoms with Crippen molar-refractivity contribution in [1.29, 1.82) is 0 Å². The minimum atomic E-state index is -0.820. The molecular weight excluding hydrogens is 246 g/mol. The SMILES string of the molecule is CC(C)(C)SCC(=O)NCCSCC(=O)O. The fraction of sp³-hybridized carbons (Fsp3) is 0.800. The van der Waals surface area contributed by atoms with Crippen LogP contribution in [0.3, 0.4) is 0 Å². The maximum absolute atomic E-state index is 11.3. The van der Waals surface area contributed by atoms with Crippen LogP contribution in [0.5, 0.6) is 0 Å². The number of thioether (sulfide) groups is 2. The molecule has 0 aliphatic rings. The summed E-state index contributed by atoms with van der Waals surface area (Å²) in [6.45, 7) is 6.72. The van der Waals surface area contributed by atoms with Crippen molar-refractivity contribution in [1.82, 2.24) is 5.32 Å². The zero-order valence-electron chi connectivity index (χ0n) is 9.91. The molecule has 1 amide bonds. The van der Waals surface area contributed by atoms with Crippen LogP contribution in [0.25, 0.3) is 0 Å². The van der Waals surface area contributed by atoms with Gasteiger partial charge < -0.3 is 10.4 Å². The van der Waals surface area contributed by atoms with Crippen molar-refractivity contribution in [3.8, 4) is 0 Å². The number of hydrogen-bond acceptors (Lipinski definition) is 4. The van der Waals surface area contributed by atoms with E-state index in [0.29, 0.717) is 18.1 Å². The summed E-state index contributed by atoms with van der Waals surface area (Å²) >= 11 is 2.90. The van der Waals surface area contributed by atoms with Crippen LogP contribution in [-0.2, 0) is 9.59 Å². The van der Waals surface area contributed by atoms with E-state index in [4.69, 9.17) is 5.11 Å². The number of carboxylic acid groups (broad SMARTS) is 1. The van der Waals surface area contributed by atoms with Crippen LogP contribution in [0.15, 0.2) is 0 Å². The van der Waals surface area contributed by atoms with Crippen LogP contribution in [0, 0.1) is 0 Å². The Morgan fingerprint density at radius 3 is 2.38 bits per heavy atom. The standard InChI is InChI=1S/C10H19NO3S2/c1-10(2,3)16-6-8(12)11-4-5-15-7-9(13)14/h4-7H2,1-3H3,(H,11,12)(H,13,14). The third-order valence-electron chi connectivity index (χ3n) is 1.43. The van der Waals surface area contributed by atoms with Crippen LogP contribution in [-0.4, -0.2) is 45.5 Å². The van der Waals surface area contributed by atoms with E-state index in [9.17, 15) is 9.59 Å². The van der Waals surface area contributed by atoms with Crippen molar-refractivity contribution in [2.45, 2.75) is 25.5 Å². The molecule has 0 saturated carbocycles. The van der Waals surface area contributed by atoms with Crippen molar-refractivity contribution < 1.29 is 14.7 Å². The average molecular weight is 265 g/mol. The summed E-state index contributed by atoms with van der Waals surface area (Å²) in [6.07, 6.45) is 0. The molecule has 4 nitrogen and oxygen atoms in total. The summed E-state index contributed by atoms with van der Waals surface area (Å²) in [6, 6.07) is 0. The molecule has 0 rings (SSSR count). The van der Waals surface area contributed by atoms with Crippen molar-refractivity contribution >= 4 is 35.4 Å². The quantitative estimate of drug-likeness (QED) is 0.682. The molecule has 0 aromatic carbocycles. The van der Waals surface area contributed by atoms with Gasteiger partial charge >= 0.3 is 5.97 Å². The molecule has 0 aromatic rings. The van der Waals surface area contributed by atoms with Crippen molar-refractivity contribution in [3.05, 3.63) is 0 Å². The Hall–Kier alpha value is -0.360. The largest absolute Gasteiger partial charge is 0.481 e. The minimum Gasteiger partial charge on any atom is -0.481 e. The maximum Gasteiger partial charge on any atom is 0.313 e. The Bertz CT molecular complexity index is 239. The summed E-state index contributed by atoms with van der Waals surface area (Å²) in [5.74, 6) is 0.369. The van der Waals surface area contributed by atoms with Gasteiger partial charge in [-0.3, -0.25) is 9.59 Å². The highest BCUT2D eigenvalue weighted by Crippen LogP contribution is 2.22. The van der Waals surface area contributed by atoms with E-state index in [2.05, 4.69) is 26.1 Å². The van der Waals surface area contributed by atoms with E-state index in [1.54, 1.807) is 11.8 Å². The lowest BCUT2D eigenvalue weighted by atomic mass is 10.3. The summed E-state index contributed by atoms with van der Waals surface area (Å²) in [7, 11) is 0. The fourth-order valence-electron chi connectivity index (χ4n) is 0.755. The Labute approximate surface area is 105 Å². The van der Waals surface area contributed by atoms with E-state index < -0.39 is 5.97 Å². The molecule has 0 fully saturated rings. The zero-order valence-corrected chi connectivity index (χ0v) is 11.5. The Kier molecular flexibility index (Phi) is 7.66. The Morgan fingerprint density at radius 1 is 1.25 bits per heavy atom. The second-order valence-corrected chi connectivity index (χ2v) is 7.10. The fourth-order valence-corrected chi connectivity index (χ4v) is 1.99. The number of amides is 1. The maximum atomic E-state index is 11.3. The highest BCUT2D eigenvalue weighted by atomic mass is 32.2. The van der Waals surface area contributed by atoms with Crippen LogP contribution >= 0.6 is 23.5 Å². The molecule has 0 aliphatic carbocycles. The van der Waals surface area contributed by atoms with Crippen molar-refractivity contribution in [2.75, 3.05) is 23.8 Å². The second-order valence-electron chi connectivity index (χ2n) is 4.20. The molecule has 0 radical (unpaired) electrons. The molecule has 0 spiro atoms. The number of carbonyl (C=O) groups excluding carboxylic acids is 1. The monoisotopic (exact) mass is 265 g/mol. The smallest absolute Gasteiger partial charge is 0.313 e. The van der Waals surface area contributed by atoms with Gasteiger partial charge in [0.15, 0.2) is 0 Å². The average Bonchev–Trinajstić information content (AvgIpc) is 2.12. The Balaban J connectivity index is 3.41. The van der Waals surface area contributed by atoms with E-state index in [-0.39, 0.29) is 16.4 Å². The first-order chi connectivity index (χ1) is 7.31. The Morgan fingerprint density at radius 2 is 1.88 bits per heavy atom. The number of aliphatic carboxylic acids is 1. The van der Waals surface area contributed by atoms with Gasteiger partial charge in [-0.25, -0.2) is 0 Å². The van der Waals surface area contributed by atoms with Crippen molar-refractivity contribution in [3.63, 3.8) is 0 Å². The molecule has 0 heterocycles. The lowest BCUT2D eigenvalue weighted by Crippen LogP contribution is -2.29. The van der Waals surface area contributed by atoms with Crippen LogP contribution in [0.2, 0.25) is 0 Å². The van der Waals surface area contributed by atoms with Gasteiger partial charge in [-0.15, -0.1) is 23.5 Å². The topological polar surface area (TPSA) is 66.4 Å². The van der Waals surface area contributed by atoms with Crippen LogP contribution in [0.1, 0.15) is 20.8 Å². The van der Waals surface area contributed by atoms with Gasteiger partial charge in [0.05, 0.1) is 11.5 Å². The molecule has 0 unspecified atom stereocenters. The number of rotatable bonds is 7. The molecule has 0 atom stereocenters. The van der Waals surface area contributed by atoms with E-state index in [1.807, 2.05) is 0 Å². The molecule has 0 aliphatic heterocycles. The summed E-state index contributed by atoms with van der Waals surface area (Å²) in [4.78, 5) is 21.5. The first-order valence-electron chi connectivity index (χ1n) is 5.01. The lowest BCUT2D eigenvalue weighted by Gasteiger charge is -2.16. The second kappa shape index (κ2) is 7.84. The highest BCUT2D eigenvalue weighted by molar-refractivity contribution is 8.01. The predicted molar refractivity (Wildman–Crippen MR) is 70.2 cm³/mol. The van der Waals surface area contributed by atoms with Gasteiger partial charge in [-0.2, -0.15) is 0 Å². The zero-order chi connectivity index (χ0) is 12.6. The normalized spacial score (nSPS) is 11.2. The van der Waals surface area contributed by atoms with E-state index in [0.717, 1.165) is 0 Å². The molecule has 2 N–H and O–H groups in total. The molecule has 6 heteroatoms. The summed E-state index contributed by atoms with van der Waals surface area (Å²) in [5, 5.41) is 11.1. The summed E-state index contributed by atoms with van der Waals surface area (Å²) < 4.78 is 0.0927. The van der Waals surface area contributed by atoms with Crippen LogP contribution < -0.4 is 5.32 Å².